The van der Waals surface area contributed by atoms with Crippen LogP contribution in [0.1, 0.15) is 12.0 Å². The fourth-order valence-corrected chi connectivity index (χ4v) is 1.62. The van der Waals surface area contributed by atoms with Gasteiger partial charge in [0.2, 0.25) is 5.91 Å². The lowest BCUT2D eigenvalue weighted by atomic mass is 10.2. The Labute approximate surface area is 113 Å². The van der Waals surface area contributed by atoms with E-state index in [0.29, 0.717) is 24.5 Å². The van der Waals surface area contributed by atoms with Crippen LogP contribution in [0.4, 0.5) is 5.69 Å². The maximum atomic E-state index is 11.8. The quantitative estimate of drug-likeness (QED) is 0.766. The van der Waals surface area contributed by atoms with Gasteiger partial charge in [0.25, 0.3) is 0 Å². The Morgan fingerprint density at radius 2 is 2.11 bits per heavy atom. The average molecular weight is 265 g/mol. The van der Waals surface area contributed by atoms with Gasteiger partial charge in [-0.1, -0.05) is 30.4 Å². The first-order valence-electron chi connectivity index (χ1n) is 5.81. The lowest BCUT2D eigenvalue weighted by Gasteiger charge is -2.16. The highest BCUT2D eigenvalue weighted by atomic mass is 32.1. The summed E-state index contributed by atoms with van der Waals surface area (Å²) in [7, 11) is 1.87. The molecule has 0 saturated carbocycles. The van der Waals surface area contributed by atoms with E-state index in [0.717, 1.165) is 11.3 Å². The molecule has 0 aliphatic carbocycles. The summed E-state index contributed by atoms with van der Waals surface area (Å²) in [5.74, 6) is -0.0326. The summed E-state index contributed by atoms with van der Waals surface area (Å²) < 4.78 is 0. The van der Waals surface area contributed by atoms with E-state index in [-0.39, 0.29) is 5.91 Å². The van der Waals surface area contributed by atoms with E-state index in [9.17, 15) is 4.79 Å². The van der Waals surface area contributed by atoms with Crippen LogP contribution >= 0.6 is 12.2 Å². The van der Waals surface area contributed by atoms with Gasteiger partial charge in [0.05, 0.1) is 11.5 Å². The number of hydrogen-bond donors (Lipinski definition) is 2. The Bertz CT molecular complexity index is 434. The van der Waals surface area contributed by atoms with Crippen molar-refractivity contribution in [3.8, 4) is 0 Å². The van der Waals surface area contributed by atoms with Crippen molar-refractivity contribution in [3.05, 3.63) is 29.8 Å². The minimum Gasteiger partial charge on any atom is -0.393 e. The average Bonchev–Trinajstić information content (AvgIpc) is 2.29. The lowest BCUT2D eigenvalue weighted by molar-refractivity contribution is -0.117. The maximum Gasteiger partial charge on any atom is 0.238 e. The Kier molecular flexibility index (Phi) is 5.74. The van der Waals surface area contributed by atoms with Crippen molar-refractivity contribution in [2.75, 3.05) is 25.5 Å². The molecule has 0 atom stereocenters. The number of likely N-dealkylation sites (N-methyl/N-ethyl adjacent to an activating group) is 1. The topological polar surface area (TPSA) is 58.4 Å². The van der Waals surface area contributed by atoms with Crippen molar-refractivity contribution in [2.24, 2.45) is 5.73 Å². The van der Waals surface area contributed by atoms with Crippen molar-refractivity contribution in [1.82, 2.24) is 4.90 Å². The Morgan fingerprint density at radius 3 is 2.72 bits per heavy atom. The van der Waals surface area contributed by atoms with Gasteiger partial charge in [-0.15, -0.1) is 0 Å². The molecule has 0 radical (unpaired) electrons. The second-order valence-corrected chi connectivity index (χ2v) is 4.84. The van der Waals surface area contributed by atoms with E-state index >= 15 is 0 Å². The number of carbonyl (C=O) groups excluding carboxylic acids is 1. The fraction of sp³-hybridized carbons (Fsp3) is 0.385. The number of amides is 1. The van der Waals surface area contributed by atoms with Crippen LogP contribution < -0.4 is 11.1 Å². The number of thiocarbonyl (C=S) groups is 1. The van der Waals surface area contributed by atoms with Gasteiger partial charge in [-0.2, -0.15) is 0 Å². The summed E-state index contributed by atoms with van der Waals surface area (Å²) in [5.41, 5.74) is 7.32. The zero-order valence-electron chi connectivity index (χ0n) is 10.8. The molecule has 0 saturated heterocycles. The van der Waals surface area contributed by atoms with Gasteiger partial charge >= 0.3 is 0 Å². The third kappa shape index (κ3) is 5.25. The van der Waals surface area contributed by atoms with Crippen molar-refractivity contribution in [3.63, 3.8) is 0 Å². The van der Waals surface area contributed by atoms with Gasteiger partial charge in [-0.05, 0) is 25.6 Å². The molecule has 1 aromatic rings. The van der Waals surface area contributed by atoms with E-state index in [4.69, 9.17) is 18.0 Å². The molecule has 0 unspecified atom stereocenters. The second kappa shape index (κ2) is 7.08. The zero-order valence-corrected chi connectivity index (χ0v) is 11.6. The highest BCUT2D eigenvalue weighted by Gasteiger charge is 2.08. The number of benzene rings is 1. The number of anilines is 1. The molecule has 4 nitrogen and oxygen atoms in total. The summed E-state index contributed by atoms with van der Waals surface area (Å²) >= 11 is 4.80. The van der Waals surface area contributed by atoms with Crippen LogP contribution in [0.2, 0.25) is 0 Å². The molecule has 0 aromatic heterocycles. The monoisotopic (exact) mass is 265 g/mol. The van der Waals surface area contributed by atoms with E-state index in [1.54, 1.807) is 0 Å². The van der Waals surface area contributed by atoms with Crippen LogP contribution in [0.3, 0.4) is 0 Å². The van der Waals surface area contributed by atoms with Crippen LogP contribution in [0.25, 0.3) is 0 Å². The molecule has 98 valence electrons. The van der Waals surface area contributed by atoms with Crippen molar-refractivity contribution in [2.45, 2.75) is 13.3 Å². The Morgan fingerprint density at radius 1 is 1.44 bits per heavy atom. The van der Waals surface area contributed by atoms with Gasteiger partial charge in [-0.25, -0.2) is 0 Å². The molecule has 3 N–H and O–H groups in total. The number of hydrogen-bond acceptors (Lipinski definition) is 3. The molecule has 18 heavy (non-hydrogen) atoms. The third-order valence-corrected chi connectivity index (χ3v) is 2.78. The first kappa shape index (κ1) is 14.6. The standard InChI is InChI=1S/C13H19N3OS/c1-10-5-3-4-6-11(10)15-13(17)9-16(2)8-7-12(14)18/h3-6H,7-9H2,1-2H3,(H2,14,18)(H,15,17). The first-order chi connectivity index (χ1) is 8.49. The second-order valence-electron chi connectivity index (χ2n) is 4.32. The van der Waals surface area contributed by atoms with E-state index in [1.807, 2.05) is 43.1 Å². The number of carbonyl (C=O) groups is 1. The van der Waals surface area contributed by atoms with Gasteiger partial charge in [0.15, 0.2) is 0 Å². The van der Waals surface area contributed by atoms with Crippen LogP contribution in [-0.2, 0) is 4.79 Å². The number of para-hydroxylation sites is 1. The largest absolute Gasteiger partial charge is 0.393 e. The summed E-state index contributed by atoms with van der Waals surface area (Å²) in [6.45, 7) is 2.99. The fourth-order valence-electron chi connectivity index (χ4n) is 1.53. The molecular formula is C13H19N3OS. The molecule has 0 bridgehead atoms. The number of nitrogens with two attached hydrogens (primary N) is 1. The van der Waals surface area contributed by atoms with Gasteiger partial charge < -0.3 is 11.1 Å². The zero-order chi connectivity index (χ0) is 13.5. The molecule has 1 aromatic carbocycles. The highest BCUT2D eigenvalue weighted by Crippen LogP contribution is 2.12. The van der Waals surface area contributed by atoms with Crippen LogP contribution in [0.5, 0.6) is 0 Å². The normalized spacial score (nSPS) is 10.4. The smallest absolute Gasteiger partial charge is 0.238 e. The maximum absolute atomic E-state index is 11.8. The number of rotatable bonds is 6. The molecule has 0 aliphatic heterocycles. The molecule has 5 heteroatoms. The van der Waals surface area contributed by atoms with E-state index in [2.05, 4.69) is 5.32 Å². The van der Waals surface area contributed by atoms with Gasteiger partial charge in [-0.3, -0.25) is 9.69 Å². The SMILES string of the molecule is Cc1ccccc1NC(=O)CN(C)CCC(N)=S. The predicted octanol–water partition coefficient (Wildman–Crippen LogP) is 1.54. The van der Waals surface area contributed by atoms with Crippen LogP contribution in [-0.4, -0.2) is 35.9 Å². The summed E-state index contributed by atoms with van der Waals surface area (Å²) in [6, 6.07) is 7.70. The van der Waals surface area contributed by atoms with Gasteiger partial charge in [0, 0.05) is 18.7 Å². The minimum atomic E-state index is -0.0326. The first-order valence-corrected chi connectivity index (χ1v) is 6.22. The van der Waals surface area contributed by atoms with Crippen molar-refractivity contribution in [1.29, 1.82) is 0 Å². The molecule has 1 amide bonds. The lowest BCUT2D eigenvalue weighted by Crippen LogP contribution is -2.32. The summed E-state index contributed by atoms with van der Waals surface area (Å²) in [5, 5.41) is 2.88. The van der Waals surface area contributed by atoms with E-state index in [1.165, 1.54) is 0 Å². The third-order valence-electron chi connectivity index (χ3n) is 2.57. The van der Waals surface area contributed by atoms with Crippen molar-refractivity contribution < 1.29 is 4.79 Å². The molecule has 0 aliphatic rings. The molecule has 0 fully saturated rings. The van der Waals surface area contributed by atoms with Crippen molar-refractivity contribution >= 4 is 28.8 Å². The Balaban J connectivity index is 2.42. The van der Waals surface area contributed by atoms with Crippen LogP contribution in [0, 0.1) is 6.92 Å². The highest BCUT2D eigenvalue weighted by molar-refractivity contribution is 7.80. The molecule has 0 spiro atoms. The van der Waals surface area contributed by atoms with E-state index < -0.39 is 0 Å². The summed E-state index contributed by atoms with van der Waals surface area (Å²) in [4.78, 5) is 14.2. The predicted molar refractivity (Wildman–Crippen MR) is 78.7 cm³/mol. The number of aryl methyl sites for hydroxylation is 1. The van der Waals surface area contributed by atoms with Crippen LogP contribution in [0.15, 0.2) is 24.3 Å². The molecule has 1 rings (SSSR count). The molecular weight excluding hydrogens is 246 g/mol. The minimum absolute atomic E-state index is 0.0326. The van der Waals surface area contributed by atoms with Gasteiger partial charge in [0.1, 0.15) is 0 Å². The number of nitrogens with one attached hydrogen (secondary N) is 1. The molecule has 0 heterocycles. The Hall–Kier alpha value is -1.46. The number of nitrogens with zero attached hydrogens (tertiary/aromatic N) is 1. The summed E-state index contributed by atoms with van der Waals surface area (Å²) in [6.07, 6.45) is 0.628.